The van der Waals surface area contributed by atoms with Crippen molar-refractivity contribution < 1.29 is 32.6 Å². The van der Waals surface area contributed by atoms with E-state index in [0.29, 0.717) is 6.61 Å². The van der Waals surface area contributed by atoms with E-state index in [0.717, 1.165) is 58.7 Å². The zero-order chi connectivity index (χ0) is 28.8. The molecule has 0 saturated heterocycles. The molecular formula is C30H25F3N4O4. The van der Waals surface area contributed by atoms with Gasteiger partial charge in [-0.1, -0.05) is 42.5 Å². The lowest BCUT2D eigenvalue weighted by atomic mass is 9.92. The molecule has 8 nitrogen and oxygen atoms in total. The second-order valence-corrected chi connectivity index (χ2v) is 10.2. The first-order valence-electron chi connectivity index (χ1n) is 13.0. The Morgan fingerprint density at radius 1 is 1.10 bits per heavy atom. The van der Waals surface area contributed by atoms with Crippen molar-refractivity contribution in [3.63, 3.8) is 0 Å². The lowest BCUT2D eigenvalue weighted by molar-refractivity contribution is -0.192. The summed E-state index contributed by atoms with van der Waals surface area (Å²) in [6, 6.07) is 20.7. The molecule has 1 aliphatic carbocycles. The molecule has 3 aromatic carbocycles. The van der Waals surface area contributed by atoms with Crippen molar-refractivity contribution in [2.24, 2.45) is 0 Å². The van der Waals surface area contributed by atoms with E-state index in [2.05, 4.69) is 63.3 Å². The maximum atomic E-state index is 12.8. The smallest absolute Gasteiger partial charge is 0.490 e. The summed E-state index contributed by atoms with van der Waals surface area (Å²) in [7, 11) is 0. The van der Waals surface area contributed by atoms with Gasteiger partial charge in [0.2, 0.25) is 5.91 Å². The number of amides is 1. The maximum Gasteiger partial charge on any atom is 0.490 e. The summed E-state index contributed by atoms with van der Waals surface area (Å²) in [5.41, 5.74) is 7.01. The topological polar surface area (TPSA) is 116 Å². The first-order valence-corrected chi connectivity index (χ1v) is 13.0. The van der Waals surface area contributed by atoms with Crippen LogP contribution in [0.2, 0.25) is 0 Å². The Kier molecular flexibility index (Phi) is 6.53. The number of benzene rings is 3. The number of carboxylic acids is 1. The first-order chi connectivity index (χ1) is 19.7. The van der Waals surface area contributed by atoms with Crippen molar-refractivity contribution >= 4 is 40.6 Å². The summed E-state index contributed by atoms with van der Waals surface area (Å²) in [5, 5.41) is 22.4. The summed E-state index contributed by atoms with van der Waals surface area (Å²) in [5.74, 6) is -1.49. The zero-order valence-corrected chi connectivity index (χ0v) is 21.6. The van der Waals surface area contributed by atoms with Gasteiger partial charge in [-0.2, -0.15) is 18.3 Å². The average Bonchev–Trinajstić information content (AvgIpc) is 3.56. The van der Waals surface area contributed by atoms with Gasteiger partial charge >= 0.3 is 12.1 Å². The number of ether oxygens (including phenoxy) is 1. The molecule has 1 fully saturated rings. The second-order valence-electron chi connectivity index (χ2n) is 10.2. The lowest BCUT2D eigenvalue weighted by Crippen LogP contribution is -2.21. The maximum absolute atomic E-state index is 12.8. The Morgan fingerprint density at radius 2 is 1.90 bits per heavy atom. The minimum absolute atomic E-state index is 0.119. The van der Waals surface area contributed by atoms with Crippen LogP contribution in [0.1, 0.15) is 40.3 Å². The fraction of sp³-hybridized carbons (Fsp3) is 0.233. The molecule has 2 aliphatic heterocycles. The standard InChI is InChI=1S/C28H24N4O2.C2HF3O2/c33-27-28(21-3-1-2-4-24(21)30-27)15-22(28)18-7-8-20-23(31-32-25(20)14-18)9-5-17-6-10-26-19(13-17)16-29-11-12-34-26;3-2(4,5)1(6)7/h1-10,13-14,22,29H,11-12,15-16H2,(H,30,33)(H,31,32);(H,6,7)/b9-5+;/t22-,28-;/m0./s1. The molecule has 0 radical (unpaired) electrons. The number of nitrogens with zero attached hydrogens (tertiary/aromatic N) is 1. The largest absolute Gasteiger partial charge is 0.492 e. The van der Waals surface area contributed by atoms with Crippen LogP contribution in [0, 0.1) is 0 Å². The van der Waals surface area contributed by atoms with Crippen molar-refractivity contribution in [2.45, 2.75) is 30.5 Å². The molecule has 2 atom stereocenters. The normalized spacial score (nSPS) is 21.0. The van der Waals surface area contributed by atoms with Crippen molar-refractivity contribution in [3.8, 4) is 5.75 Å². The summed E-state index contributed by atoms with van der Waals surface area (Å²) in [4.78, 5) is 21.7. The number of carbonyl (C=O) groups excluding carboxylic acids is 1. The molecule has 4 aromatic rings. The van der Waals surface area contributed by atoms with Gasteiger partial charge in [0.25, 0.3) is 0 Å². The van der Waals surface area contributed by atoms with Crippen molar-refractivity contribution in [3.05, 3.63) is 88.6 Å². The lowest BCUT2D eigenvalue weighted by Gasteiger charge is -2.08. The monoisotopic (exact) mass is 562 g/mol. The number of hydrogen-bond donors (Lipinski definition) is 4. The fourth-order valence-corrected chi connectivity index (χ4v) is 5.57. The van der Waals surface area contributed by atoms with Gasteiger partial charge in [0.15, 0.2) is 0 Å². The minimum Gasteiger partial charge on any atom is -0.492 e. The Labute approximate surface area is 232 Å². The third-order valence-electron chi connectivity index (χ3n) is 7.65. The molecule has 210 valence electrons. The SMILES string of the molecule is O=C(O)C(F)(F)F.O=C1Nc2ccccc2[C@]12C[C@H]2c1ccc2c(/C=C/c3ccc4c(c3)CNCCO4)n[nH]c2c1. The number of carbonyl (C=O) groups is 2. The minimum atomic E-state index is -5.08. The summed E-state index contributed by atoms with van der Waals surface area (Å²) < 4.78 is 37.5. The molecule has 1 amide bonds. The molecule has 7 rings (SSSR count). The number of aromatic amines is 1. The van der Waals surface area contributed by atoms with Gasteiger partial charge in [-0.05, 0) is 53.5 Å². The Morgan fingerprint density at radius 3 is 2.71 bits per heavy atom. The van der Waals surface area contributed by atoms with Gasteiger partial charge in [0.1, 0.15) is 12.4 Å². The molecule has 1 spiro atoms. The predicted octanol–water partition coefficient (Wildman–Crippen LogP) is 5.23. The van der Waals surface area contributed by atoms with Crippen molar-refractivity contribution in [1.82, 2.24) is 15.5 Å². The number of fused-ring (bicyclic) bond motifs is 4. The van der Waals surface area contributed by atoms with Crippen LogP contribution < -0.4 is 15.4 Å². The predicted molar refractivity (Wildman–Crippen MR) is 146 cm³/mol. The van der Waals surface area contributed by atoms with E-state index >= 15 is 0 Å². The number of nitrogens with one attached hydrogen (secondary N) is 3. The summed E-state index contributed by atoms with van der Waals surface area (Å²) >= 11 is 0. The van der Waals surface area contributed by atoms with Crippen LogP contribution in [0.25, 0.3) is 23.1 Å². The number of rotatable bonds is 3. The molecule has 11 heteroatoms. The molecular weight excluding hydrogens is 537 g/mol. The highest BCUT2D eigenvalue weighted by Gasteiger charge is 2.65. The molecule has 3 heterocycles. The zero-order valence-electron chi connectivity index (χ0n) is 21.6. The van der Waals surface area contributed by atoms with Gasteiger partial charge in [0.05, 0.1) is 16.6 Å². The van der Waals surface area contributed by atoms with E-state index in [9.17, 15) is 18.0 Å². The highest BCUT2D eigenvalue weighted by Crippen LogP contribution is 2.65. The number of hydrogen-bond acceptors (Lipinski definition) is 5. The van der Waals surface area contributed by atoms with E-state index in [-0.39, 0.29) is 11.8 Å². The van der Waals surface area contributed by atoms with E-state index < -0.39 is 17.6 Å². The average molecular weight is 563 g/mol. The van der Waals surface area contributed by atoms with Gasteiger partial charge in [-0.3, -0.25) is 9.89 Å². The number of alkyl halides is 3. The Bertz CT molecular complexity index is 1700. The van der Waals surface area contributed by atoms with Gasteiger partial charge in [0, 0.05) is 35.6 Å². The van der Waals surface area contributed by atoms with Crippen LogP contribution in [-0.2, 0) is 21.5 Å². The Hall–Kier alpha value is -4.64. The number of carboxylic acid groups (broad SMARTS) is 1. The second kappa shape index (κ2) is 10.1. The van der Waals surface area contributed by atoms with Crippen LogP contribution >= 0.6 is 0 Å². The van der Waals surface area contributed by atoms with E-state index in [1.807, 2.05) is 30.3 Å². The van der Waals surface area contributed by atoms with Crippen LogP contribution in [-0.4, -0.2) is 46.5 Å². The van der Waals surface area contributed by atoms with Gasteiger partial charge in [-0.15, -0.1) is 0 Å². The van der Waals surface area contributed by atoms with Gasteiger partial charge < -0.3 is 20.5 Å². The van der Waals surface area contributed by atoms with Crippen LogP contribution in [0.15, 0.2) is 60.7 Å². The number of aromatic nitrogens is 2. The Balaban J connectivity index is 0.000000387. The molecule has 41 heavy (non-hydrogen) atoms. The highest BCUT2D eigenvalue weighted by atomic mass is 19.4. The van der Waals surface area contributed by atoms with E-state index in [1.165, 1.54) is 11.1 Å². The first kappa shape index (κ1) is 26.6. The molecule has 0 bridgehead atoms. The third-order valence-corrected chi connectivity index (χ3v) is 7.65. The quantitative estimate of drug-likeness (QED) is 0.272. The molecule has 1 aromatic heterocycles. The number of halogens is 3. The number of para-hydroxylation sites is 1. The molecule has 0 unspecified atom stereocenters. The third kappa shape index (κ3) is 4.93. The van der Waals surface area contributed by atoms with Crippen molar-refractivity contribution in [1.29, 1.82) is 0 Å². The highest BCUT2D eigenvalue weighted by molar-refractivity contribution is 6.09. The van der Waals surface area contributed by atoms with Crippen LogP contribution in [0.4, 0.5) is 18.9 Å². The van der Waals surface area contributed by atoms with Crippen molar-refractivity contribution in [2.75, 3.05) is 18.5 Å². The number of anilines is 1. The van der Waals surface area contributed by atoms with Crippen LogP contribution in [0.3, 0.4) is 0 Å². The molecule has 4 N–H and O–H groups in total. The van der Waals surface area contributed by atoms with Crippen LogP contribution in [0.5, 0.6) is 5.75 Å². The number of aliphatic carboxylic acids is 1. The summed E-state index contributed by atoms with van der Waals surface area (Å²) in [6.07, 6.45) is -0.103. The summed E-state index contributed by atoms with van der Waals surface area (Å²) in [6.45, 7) is 2.37. The number of H-pyrrole nitrogens is 1. The fourth-order valence-electron chi connectivity index (χ4n) is 5.57. The molecule has 3 aliphatic rings. The van der Waals surface area contributed by atoms with E-state index in [4.69, 9.17) is 14.6 Å². The van der Waals surface area contributed by atoms with Gasteiger partial charge in [-0.25, -0.2) is 4.79 Å². The van der Waals surface area contributed by atoms with E-state index in [1.54, 1.807) is 0 Å². The molecule has 1 saturated carbocycles.